The van der Waals surface area contributed by atoms with E-state index in [-0.39, 0.29) is 11.4 Å². The summed E-state index contributed by atoms with van der Waals surface area (Å²) in [4.78, 5) is 11.4. The van der Waals surface area contributed by atoms with Gasteiger partial charge >= 0.3 is 12.1 Å². The van der Waals surface area contributed by atoms with Crippen LogP contribution in [0.1, 0.15) is 32.1 Å². The van der Waals surface area contributed by atoms with Crippen molar-refractivity contribution < 1.29 is 36.2 Å². The molecule has 2 aliphatic heterocycles. The monoisotopic (exact) mass is 414 g/mol. The third kappa shape index (κ3) is 4.93. The van der Waals surface area contributed by atoms with Crippen molar-refractivity contribution >= 4 is 16.0 Å². The fourth-order valence-electron chi connectivity index (χ4n) is 3.75. The Bertz CT molecular complexity index is 649. The van der Waals surface area contributed by atoms with E-state index in [1.54, 1.807) is 4.31 Å². The maximum absolute atomic E-state index is 12.4. The second-order valence-corrected chi connectivity index (χ2v) is 9.83. The van der Waals surface area contributed by atoms with Gasteiger partial charge in [0.25, 0.3) is 0 Å². The number of halogens is 3. The molecule has 1 N–H and O–H groups in total. The first-order valence-corrected chi connectivity index (χ1v) is 10.7. The van der Waals surface area contributed by atoms with E-state index in [0.29, 0.717) is 25.6 Å². The number of rotatable bonds is 3. The Labute approximate surface area is 156 Å². The van der Waals surface area contributed by atoms with Crippen LogP contribution in [0.3, 0.4) is 0 Å². The molecule has 7 nitrogen and oxygen atoms in total. The third-order valence-electron chi connectivity index (χ3n) is 5.66. The summed E-state index contributed by atoms with van der Waals surface area (Å²) >= 11 is 0. The van der Waals surface area contributed by atoms with Gasteiger partial charge in [0.05, 0.1) is 18.0 Å². The van der Waals surface area contributed by atoms with Crippen LogP contribution in [0.4, 0.5) is 13.2 Å². The number of aliphatic carboxylic acids is 1. The zero-order chi connectivity index (χ0) is 19.8. The summed E-state index contributed by atoms with van der Waals surface area (Å²) < 4.78 is 64.3. The molecule has 0 aromatic heterocycles. The quantitative estimate of drug-likeness (QED) is 0.749. The number of likely N-dealkylation sites (tertiary alicyclic amines) is 1. The summed E-state index contributed by atoms with van der Waals surface area (Å²) in [5.41, 5.74) is 0. The lowest BCUT2D eigenvalue weighted by Crippen LogP contribution is -2.41. The van der Waals surface area contributed by atoms with Crippen LogP contribution in [0.25, 0.3) is 0 Å². The molecule has 156 valence electrons. The maximum atomic E-state index is 12.4. The van der Waals surface area contributed by atoms with Gasteiger partial charge in [0, 0.05) is 38.1 Å². The molecule has 2 heterocycles. The first-order valence-electron chi connectivity index (χ1n) is 9.23. The van der Waals surface area contributed by atoms with Crippen LogP contribution < -0.4 is 0 Å². The van der Waals surface area contributed by atoms with Crippen molar-refractivity contribution in [1.29, 1.82) is 0 Å². The largest absolute Gasteiger partial charge is 0.490 e. The minimum absolute atomic E-state index is 0.0943. The number of sulfonamides is 1. The minimum atomic E-state index is -5.08. The van der Waals surface area contributed by atoms with Crippen LogP contribution in [0, 0.1) is 5.92 Å². The van der Waals surface area contributed by atoms with E-state index in [1.165, 1.54) is 19.3 Å². The number of ether oxygens (including phenoxy) is 1. The van der Waals surface area contributed by atoms with Gasteiger partial charge in [-0.1, -0.05) is 6.42 Å². The highest BCUT2D eigenvalue weighted by molar-refractivity contribution is 7.90. The number of fused-ring (bicyclic) bond motifs is 1. The Morgan fingerprint density at radius 2 is 1.70 bits per heavy atom. The van der Waals surface area contributed by atoms with Gasteiger partial charge in [-0.15, -0.1) is 0 Å². The van der Waals surface area contributed by atoms with Crippen molar-refractivity contribution in [2.75, 3.05) is 32.8 Å². The highest BCUT2D eigenvalue weighted by atomic mass is 32.2. The smallest absolute Gasteiger partial charge is 0.475 e. The molecule has 2 atom stereocenters. The van der Waals surface area contributed by atoms with Crippen molar-refractivity contribution in [3.05, 3.63) is 0 Å². The van der Waals surface area contributed by atoms with Crippen molar-refractivity contribution in [3.63, 3.8) is 0 Å². The van der Waals surface area contributed by atoms with E-state index in [2.05, 4.69) is 4.90 Å². The number of hydrogen-bond donors (Lipinski definition) is 1. The van der Waals surface area contributed by atoms with Gasteiger partial charge in [-0.2, -0.15) is 17.5 Å². The van der Waals surface area contributed by atoms with Crippen molar-refractivity contribution in [3.8, 4) is 0 Å². The molecule has 27 heavy (non-hydrogen) atoms. The number of alkyl halides is 3. The molecule has 4 fully saturated rings. The molecule has 0 aromatic carbocycles. The van der Waals surface area contributed by atoms with E-state index in [4.69, 9.17) is 14.6 Å². The van der Waals surface area contributed by atoms with Gasteiger partial charge < -0.3 is 9.84 Å². The number of carboxylic acid groups (broad SMARTS) is 1. The fourth-order valence-corrected chi connectivity index (χ4v) is 5.64. The molecule has 2 saturated carbocycles. The zero-order valence-electron chi connectivity index (χ0n) is 14.9. The van der Waals surface area contributed by atoms with Gasteiger partial charge in [0.2, 0.25) is 10.0 Å². The lowest BCUT2D eigenvalue weighted by molar-refractivity contribution is -0.192. The molecule has 4 aliphatic rings. The molecule has 0 amide bonds. The third-order valence-corrected chi connectivity index (χ3v) is 8.02. The number of hydrogen-bond acceptors (Lipinski definition) is 5. The summed E-state index contributed by atoms with van der Waals surface area (Å²) in [7, 11) is -3.05. The van der Waals surface area contributed by atoms with Crippen LogP contribution in [-0.4, -0.2) is 85.1 Å². The predicted octanol–water partition coefficient (Wildman–Crippen LogP) is 1.30. The molecular weight excluding hydrogens is 389 g/mol. The normalized spacial score (nSPS) is 30.6. The van der Waals surface area contributed by atoms with Gasteiger partial charge in [0.15, 0.2) is 0 Å². The first kappa shape index (κ1) is 20.8. The summed E-state index contributed by atoms with van der Waals surface area (Å²) in [6.45, 7) is 3.81. The molecule has 0 aromatic rings. The van der Waals surface area contributed by atoms with Crippen LogP contribution in [-0.2, 0) is 19.6 Å². The lowest BCUT2D eigenvalue weighted by atomic mass is 9.92. The van der Waals surface area contributed by atoms with Gasteiger partial charge in [-0.25, -0.2) is 13.2 Å². The van der Waals surface area contributed by atoms with Crippen molar-refractivity contribution in [2.45, 2.75) is 55.7 Å². The Morgan fingerprint density at radius 3 is 2.19 bits per heavy atom. The standard InChI is InChI=1S/C14H24N2O3S.C2HF3O2/c17-20(18,13-4-5-13)16-6-7-19-14-10-15(8-11(14)9-16)12-2-1-3-12;3-2(4,5)1(6)7/h11-14H,1-10H2;(H,6,7)/t11-,14-;/m1./s1. The number of carboxylic acids is 1. The number of nitrogens with zero attached hydrogens (tertiary/aromatic N) is 2. The van der Waals surface area contributed by atoms with Gasteiger partial charge in [-0.05, 0) is 25.7 Å². The van der Waals surface area contributed by atoms with Gasteiger partial charge in [-0.3, -0.25) is 4.90 Å². The molecule has 2 saturated heterocycles. The van der Waals surface area contributed by atoms with Crippen molar-refractivity contribution in [2.24, 2.45) is 5.92 Å². The Kier molecular flexibility index (Phi) is 6.05. The SMILES string of the molecule is O=C(O)C(F)(F)F.O=S(=O)(C1CC1)N1CCO[C@@H]2CN(C3CCC3)C[C@@H]2C1. The first-order chi connectivity index (χ1) is 12.6. The highest BCUT2D eigenvalue weighted by Crippen LogP contribution is 2.35. The molecule has 2 aliphatic carbocycles. The van der Waals surface area contributed by atoms with E-state index >= 15 is 0 Å². The molecule has 0 spiro atoms. The van der Waals surface area contributed by atoms with Gasteiger partial charge in [0.1, 0.15) is 0 Å². The van der Waals surface area contributed by atoms with E-state index in [0.717, 1.165) is 32.0 Å². The van der Waals surface area contributed by atoms with Crippen LogP contribution in [0.5, 0.6) is 0 Å². The second-order valence-electron chi connectivity index (χ2n) is 7.61. The molecular formula is C16H25F3N2O5S. The van der Waals surface area contributed by atoms with Crippen LogP contribution in [0.2, 0.25) is 0 Å². The predicted molar refractivity (Wildman–Crippen MR) is 89.6 cm³/mol. The lowest BCUT2D eigenvalue weighted by Gasteiger charge is -2.35. The van der Waals surface area contributed by atoms with Crippen LogP contribution >= 0.6 is 0 Å². The summed E-state index contributed by atoms with van der Waals surface area (Å²) in [5, 5.41) is 7.03. The number of carbonyl (C=O) groups is 1. The molecule has 0 bridgehead atoms. The zero-order valence-corrected chi connectivity index (χ0v) is 15.7. The average molecular weight is 414 g/mol. The Balaban J connectivity index is 0.000000260. The van der Waals surface area contributed by atoms with E-state index in [9.17, 15) is 21.6 Å². The van der Waals surface area contributed by atoms with E-state index in [1.807, 2.05) is 0 Å². The molecule has 4 rings (SSSR count). The average Bonchev–Trinajstić information content (AvgIpc) is 3.31. The minimum Gasteiger partial charge on any atom is -0.475 e. The molecule has 11 heteroatoms. The van der Waals surface area contributed by atoms with Crippen molar-refractivity contribution in [1.82, 2.24) is 9.21 Å². The Morgan fingerprint density at radius 1 is 1.07 bits per heavy atom. The molecule has 0 unspecified atom stereocenters. The topological polar surface area (TPSA) is 87.1 Å². The highest BCUT2D eigenvalue weighted by Gasteiger charge is 2.45. The Hall–Kier alpha value is -0.910. The summed E-state index contributed by atoms with van der Waals surface area (Å²) in [6.07, 6.45) is 0.825. The summed E-state index contributed by atoms with van der Waals surface area (Å²) in [5.74, 6) is -2.39. The van der Waals surface area contributed by atoms with Crippen LogP contribution in [0.15, 0.2) is 0 Å². The van der Waals surface area contributed by atoms with E-state index < -0.39 is 22.2 Å². The molecule has 0 radical (unpaired) electrons. The second kappa shape index (κ2) is 7.84. The maximum Gasteiger partial charge on any atom is 0.490 e. The fraction of sp³-hybridized carbons (Fsp3) is 0.938. The summed E-state index contributed by atoms with van der Waals surface area (Å²) in [6, 6.07) is 0.735.